The summed E-state index contributed by atoms with van der Waals surface area (Å²) in [5.74, 6) is 0. The van der Waals surface area contributed by atoms with E-state index < -0.39 is 0 Å². The maximum absolute atomic E-state index is 4.43. The van der Waals surface area contributed by atoms with E-state index in [9.17, 15) is 0 Å². The van der Waals surface area contributed by atoms with Crippen LogP contribution in [0.5, 0.6) is 0 Å². The van der Waals surface area contributed by atoms with Gasteiger partial charge in [-0.2, -0.15) is 0 Å². The van der Waals surface area contributed by atoms with Crippen molar-refractivity contribution in [2.24, 2.45) is 0 Å². The number of aryl methyl sites for hydroxylation is 4. The number of hydrogen-bond acceptors (Lipinski definition) is 1. The summed E-state index contributed by atoms with van der Waals surface area (Å²) in [6.45, 7) is 4.12. The van der Waals surface area contributed by atoms with Crippen molar-refractivity contribution >= 4 is 0 Å². The fraction of sp³-hybridized carbons (Fsp3) is 0.190. The van der Waals surface area contributed by atoms with Gasteiger partial charge in [-0.05, 0) is 61.1 Å². The second-order valence-electron chi connectivity index (χ2n) is 5.82. The topological polar surface area (TPSA) is 12.9 Å². The third-order valence-corrected chi connectivity index (χ3v) is 3.90. The first kappa shape index (κ1) is 14.5. The van der Waals surface area contributed by atoms with Crippen molar-refractivity contribution in [3.63, 3.8) is 0 Å². The number of nitrogens with zero attached hydrogens (tertiary/aromatic N) is 1. The summed E-state index contributed by atoms with van der Waals surface area (Å²) in [6.07, 6.45) is 2.13. The number of pyridine rings is 1. The van der Waals surface area contributed by atoms with Crippen LogP contribution in [0.25, 0.3) is 11.1 Å². The molecule has 22 heavy (non-hydrogen) atoms. The van der Waals surface area contributed by atoms with Crippen LogP contribution in [0.3, 0.4) is 0 Å². The van der Waals surface area contributed by atoms with E-state index in [1.807, 2.05) is 0 Å². The van der Waals surface area contributed by atoms with Crippen molar-refractivity contribution in [3.8, 4) is 11.1 Å². The molecule has 0 spiro atoms. The van der Waals surface area contributed by atoms with Crippen molar-refractivity contribution in [2.75, 3.05) is 0 Å². The van der Waals surface area contributed by atoms with Crippen LogP contribution < -0.4 is 0 Å². The predicted octanol–water partition coefficient (Wildman–Crippen LogP) is 5.15. The Morgan fingerprint density at radius 1 is 0.636 bits per heavy atom. The highest BCUT2D eigenvalue weighted by atomic mass is 14.7. The third kappa shape index (κ3) is 3.62. The van der Waals surface area contributed by atoms with Crippen LogP contribution in [0.2, 0.25) is 0 Å². The van der Waals surface area contributed by atoms with Gasteiger partial charge in [0.15, 0.2) is 0 Å². The van der Waals surface area contributed by atoms with Crippen LogP contribution in [0.1, 0.15) is 22.5 Å². The lowest BCUT2D eigenvalue weighted by Crippen LogP contribution is -1.95. The molecule has 0 saturated heterocycles. The van der Waals surface area contributed by atoms with E-state index in [1.165, 1.54) is 22.3 Å². The fourth-order valence-electron chi connectivity index (χ4n) is 2.85. The van der Waals surface area contributed by atoms with Crippen molar-refractivity contribution < 1.29 is 0 Å². The van der Waals surface area contributed by atoms with Crippen LogP contribution in [0.4, 0.5) is 0 Å². The minimum absolute atomic E-state index is 1.06. The largest absolute Gasteiger partial charge is 0.258 e. The molecule has 0 N–H and O–H groups in total. The van der Waals surface area contributed by atoms with Crippen molar-refractivity contribution in [1.82, 2.24) is 4.98 Å². The average molecular weight is 287 g/mol. The van der Waals surface area contributed by atoms with Gasteiger partial charge in [-0.15, -0.1) is 0 Å². The van der Waals surface area contributed by atoms with E-state index in [1.54, 1.807) is 0 Å². The van der Waals surface area contributed by atoms with E-state index in [-0.39, 0.29) is 0 Å². The smallest absolute Gasteiger partial charge is 0.0378 e. The van der Waals surface area contributed by atoms with Crippen LogP contribution >= 0.6 is 0 Å². The van der Waals surface area contributed by atoms with Gasteiger partial charge in [-0.25, -0.2) is 0 Å². The van der Waals surface area contributed by atoms with Gasteiger partial charge in [0, 0.05) is 11.4 Å². The Kier molecular flexibility index (Phi) is 4.34. The van der Waals surface area contributed by atoms with E-state index in [4.69, 9.17) is 0 Å². The lowest BCUT2D eigenvalue weighted by Gasteiger charge is -2.06. The van der Waals surface area contributed by atoms with Crippen LogP contribution in [0, 0.1) is 13.8 Å². The first-order chi connectivity index (χ1) is 10.7. The molecule has 0 fully saturated rings. The zero-order valence-electron chi connectivity index (χ0n) is 13.2. The number of rotatable bonds is 4. The molecule has 0 aliphatic heterocycles. The highest BCUT2D eigenvalue weighted by Crippen LogP contribution is 2.20. The zero-order valence-corrected chi connectivity index (χ0v) is 13.2. The summed E-state index contributed by atoms with van der Waals surface area (Å²) < 4.78 is 0. The quantitative estimate of drug-likeness (QED) is 0.646. The van der Waals surface area contributed by atoms with Crippen molar-refractivity contribution in [3.05, 3.63) is 89.2 Å². The number of aromatic nitrogens is 1. The molecule has 3 rings (SSSR count). The van der Waals surface area contributed by atoms with E-state index in [0.29, 0.717) is 0 Å². The zero-order chi connectivity index (χ0) is 15.4. The summed E-state index contributed by atoms with van der Waals surface area (Å²) in [5, 5.41) is 0. The fourth-order valence-corrected chi connectivity index (χ4v) is 2.85. The van der Waals surface area contributed by atoms with Crippen molar-refractivity contribution in [2.45, 2.75) is 26.7 Å². The predicted molar refractivity (Wildman–Crippen MR) is 93.0 cm³/mol. The maximum atomic E-state index is 4.43. The van der Waals surface area contributed by atoms with Gasteiger partial charge in [-0.3, -0.25) is 4.98 Å². The van der Waals surface area contributed by atoms with Gasteiger partial charge >= 0.3 is 0 Å². The molecule has 1 aromatic heterocycles. The van der Waals surface area contributed by atoms with Crippen LogP contribution in [0.15, 0.2) is 66.7 Å². The second-order valence-corrected chi connectivity index (χ2v) is 5.82. The third-order valence-electron chi connectivity index (χ3n) is 3.90. The molecule has 0 saturated carbocycles. The lowest BCUT2D eigenvalue weighted by atomic mass is 10.0. The summed E-state index contributed by atoms with van der Waals surface area (Å²) >= 11 is 0. The van der Waals surface area contributed by atoms with Gasteiger partial charge in [0.25, 0.3) is 0 Å². The summed E-state index contributed by atoms with van der Waals surface area (Å²) in [4.78, 5) is 4.43. The van der Waals surface area contributed by atoms with E-state index in [2.05, 4.69) is 85.6 Å². The molecule has 0 atom stereocenters. The highest BCUT2D eigenvalue weighted by Gasteiger charge is 2.01. The van der Waals surface area contributed by atoms with Crippen LogP contribution in [-0.4, -0.2) is 4.98 Å². The first-order valence-electron chi connectivity index (χ1n) is 7.79. The normalized spacial score (nSPS) is 10.6. The Labute approximate surface area is 132 Å². The molecule has 0 unspecified atom stereocenters. The molecular weight excluding hydrogens is 266 g/mol. The molecule has 0 bridgehead atoms. The molecule has 1 heterocycles. The monoisotopic (exact) mass is 287 g/mol. The standard InChI is InChI=1S/C21H21N/c1-16-14-19(15-17(2)22-16)9-8-18-10-12-21(13-11-18)20-6-4-3-5-7-20/h3-7,10-15H,8-9H2,1-2H3. The molecule has 1 nitrogen and oxygen atoms in total. The van der Waals surface area contributed by atoms with Gasteiger partial charge in [-0.1, -0.05) is 54.6 Å². The van der Waals surface area contributed by atoms with Gasteiger partial charge in [0.1, 0.15) is 0 Å². The van der Waals surface area contributed by atoms with E-state index in [0.717, 1.165) is 24.2 Å². The minimum atomic E-state index is 1.06. The SMILES string of the molecule is Cc1cc(CCc2ccc(-c3ccccc3)cc2)cc(C)n1. The Balaban J connectivity index is 1.69. The Morgan fingerprint density at radius 3 is 1.82 bits per heavy atom. The maximum Gasteiger partial charge on any atom is 0.0378 e. The molecule has 0 amide bonds. The lowest BCUT2D eigenvalue weighted by molar-refractivity contribution is 0.942. The van der Waals surface area contributed by atoms with Gasteiger partial charge in [0.2, 0.25) is 0 Å². The Morgan fingerprint density at radius 2 is 1.18 bits per heavy atom. The molecule has 0 radical (unpaired) electrons. The summed E-state index contributed by atoms with van der Waals surface area (Å²) in [6, 6.07) is 23.8. The number of hydrogen-bond donors (Lipinski definition) is 0. The molecule has 3 aromatic rings. The summed E-state index contributed by atoms with van der Waals surface area (Å²) in [7, 11) is 0. The molecule has 2 aromatic carbocycles. The highest BCUT2D eigenvalue weighted by molar-refractivity contribution is 5.63. The molecule has 0 aliphatic carbocycles. The Hall–Kier alpha value is -2.41. The first-order valence-corrected chi connectivity index (χ1v) is 7.79. The molecule has 0 aliphatic rings. The van der Waals surface area contributed by atoms with Crippen molar-refractivity contribution in [1.29, 1.82) is 0 Å². The second kappa shape index (κ2) is 6.57. The minimum Gasteiger partial charge on any atom is -0.258 e. The van der Waals surface area contributed by atoms with Gasteiger partial charge < -0.3 is 0 Å². The number of benzene rings is 2. The molecule has 110 valence electrons. The average Bonchev–Trinajstić information content (AvgIpc) is 2.53. The summed E-state index contributed by atoms with van der Waals surface area (Å²) in [5.41, 5.74) is 7.52. The molecular formula is C21H21N. The molecule has 1 heteroatoms. The van der Waals surface area contributed by atoms with Crippen LogP contribution in [-0.2, 0) is 12.8 Å². The Bertz CT molecular complexity index is 722. The van der Waals surface area contributed by atoms with Gasteiger partial charge in [0.05, 0.1) is 0 Å². The van der Waals surface area contributed by atoms with E-state index >= 15 is 0 Å².